The second kappa shape index (κ2) is 9.58. The molecule has 41 heavy (non-hydrogen) atoms. The fourth-order valence-corrected chi connectivity index (χ4v) is 6.77. The van der Waals surface area contributed by atoms with Gasteiger partial charge in [0.2, 0.25) is 0 Å². The SMILES string of the molecule is Cn1ccc2cc(CN3C4CC3CN(c3ccc(-c5cc(N6CCOCC6)cn6ncc(C#N)c56)cn3)C4)cnc21. The van der Waals surface area contributed by atoms with Crippen molar-refractivity contribution in [1.82, 2.24) is 29.0 Å². The highest BCUT2D eigenvalue weighted by molar-refractivity contribution is 5.86. The van der Waals surface area contributed by atoms with Crippen LogP contribution in [0.5, 0.6) is 0 Å². The van der Waals surface area contributed by atoms with Crippen molar-refractivity contribution in [3.63, 3.8) is 0 Å². The van der Waals surface area contributed by atoms with Crippen molar-refractivity contribution < 1.29 is 4.74 Å². The van der Waals surface area contributed by atoms with Crippen molar-refractivity contribution in [2.45, 2.75) is 25.0 Å². The number of anilines is 2. The van der Waals surface area contributed by atoms with E-state index >= 15 is 0 Å². The Kier molecular flexibility index (Phi) is 5.69. The third-order valence-electron chi connectivity index (χ3n) is 8.95. The van der Waals surface area contributed by atoms with E-state index in [0.717, 1.165) is 66.5 Å². The van der Waals surface area contributed by atoms with E-state index in [1.165, 1.54) is 17.4 Å². The topological polar surface area (TPSA) is 90.8 Å². The lowest BCUT2D eigenvalue weighted by atomic mass is 9.87. The van der Waals surface area contributed by atoms with Gasteiger partial charge in [0.05, 0.1) is 42.4 Å². The molecule has 9 heterocycles. The first-order valence-corrected chi connectivity index (χ1v) is 14.3. The number of pyridine rings is 3. The van der Waals surface area contributed by atoms with Crippen molar-refractivity contribution in [2.24, 2.45) is 7.05 Å². The number of aryl methyl sites for hydroxylation is 1. The van der Waals surface area contributed by atoms with Gasteiger partial charge in [-0.3, -0.25) is 4.90 Å². The predicted octanol–water partition coefficient (Wildman–Crippen LogP) is 3.45. The summed E-state index contributed by atoms with van der Waals surface area (Å²) in [5.74, 6) is 1.00. The van der Waals surface area contributed by atoms with E-state index in [0.29, 0.717) is 30.9 Å². The van der Waals surface area contributed by atoms with Crippen LogP contribution in [0.15, 0.2) is 61.3 Å². The lowest BCUT2D eigenvalue weighted by molar-refractivity contribution is -0.00871. The van der Waals surface area contributed by atoms with Crippen molar-refractivity contribution in [1.29, 1.82) is 5.26 Å². The lowest BCUT2D eigenvalue weighted by Crippen LogP contribution is -2.68. The van der Waals surface area contributed by atoms with Crippen molar-refractivity contribution in [2.75, 3.05) is 49.2 Å². The maximum Gasteiger partial charge on any atom is 0.139 e. The fourth-order valence-electron chi connectivity index (χ4n) is 6.77. The fraction of sp³-hybridized carbons (Fsp3) is 0.355. The summed E-state index contributed by atoms with van der Waals surface area (Å²) in [5.41, 5.74) is 6.72. The summed E-state index contributed by atoms with van der Waals surface area (Å²) in [6.07, 6.45) is 10.9. The van der Waals surface area contributed by atoms with Gasteiger partial charge in [0.15, 0.2) is 0 Å². The standard InChI is InChI=1S/C31H31N9O/c1-36-5-4-22-10-21(14-34-31(22)36)17-39-26-11-27(39)19-38(18-26)29-3-2-23(15-33-29)28-12-25(37-6-8-41-9-7-37)20-40-30(28)24(13-32)16-35-40/h2-5,10,12,14-16,20,26-27H,6-9,11,17-19H2,1H3. The molecule has 0 aromatic carbocycles. The van der Waals surface area contributed by atoms with E-state index in [2.05, 4.69) is 71.9 Å². The number of nitrogens with zero attached hydrogens (tertiary/aromatic N) is 9. The van der Waals surface area contributed by atoms with Crippen LogP contribution in [0, 0.1) is 11.3 Å². The minimum atomic E-state index is 0.525. The molecular formula is C31H31N9O. The molecule has 0 N–H and O–H groups in total. The van der Waals surface area contributed by atoms with Gasteiger partial charge in [0.25, 0.3) is 0 Å². The third kappa shape index (κ3) is 4.12. The molecule has 10 heteroatoms. The minimum absolute atomic E-state index is 0.525. The molecule has 4 aliphatic rings. The number of piperidine rings is 1. The second-order valence-electron chi connectivity index (χ2n) is 11.4. The van der Waals surface area contributed by atoms with E-state index in [-0.39, 0.29) is 0 Å². The number of hydrogen-bond acceptors (Lipinski definition) is 8. The highest BCUT2D eigenvalue weighted by atomic mass is 16.5. The third-order valence-corrected chi connectivity index (χ3v) is 8.95. The maximum absolute atomic E-state index is 9.76. The second-order valence-corrected chi connectivity index (χ2v) is 11.4. The number of rotatable bonds is 5. The number of piperazine rings is 1. The predicted molar refractivity (Wildman–Crippen MR) is 157 cm³/mol. The zero-order valence-electron chi connectivity index (χ0n) is 23.0. The zero-order valence-corrected chi connectivity index (χ0v) is 23.0. The van der Waals surface area contributed by atoms with Crippen molar-refractivity contribution in [3.8, 4) is 17.2 Å². The molecule has 5 aromatic rings. The van der Waals surface area contributed by atoms with Crippen molar-refractivity contribution >= 4 is 28.1 Å². The summed E-state index contributed by atoms with van der Waals surface area (Å²) in [5, 5.41) is 15.4. The molecule has 0 saturated carbocycles. The van der Waals surface area contributed by atoms with Gasteiger partial charge >= 0.3 is 0 Å². The molecule has 5 aromatic heterocycles. The normalized spacial score (nSPS) is 20.9. The van der Waals surface area contributed by atoms with Crippen LogP contribution in [0.25, 0.3) is 27.7 Å². The molecule has 0 aliphatic carbocycles. The van der Waals surface area contributed by atoms with Gasteiger partial charge < -0.3 is 19.1 Å². The van der Waals surface area contributed by atoms with Gasteiger partial charge in [-0.15, -0.1) is 0 Å². The maximum atomic E-state index is 9.76. The lowest BCUT2D eigenvalue weighted by Gasteiger charge is -2.56. The van der Waals surface area contributed by atoms with Crippen LogP contribution in [-0.4, -0.2) is 80.5 Å². The Labute approximate surface area is 238 Å². The van der Waals surface area contributed by atoms with Gasteiger partial charge in [0, 0.05) is 87.0 Å². The molecule has 206 valence electrons. The summed E-state index contributed by atoms with van der Waals surface area (Å²) in [7, 11) is 2.04. The molecule has 4 saturated heterocycles. The Balaban J connectivity index is 1.02. The van der Waals surface area contributed by atoms with Gasteiger partial charge in [0.1, 0.15) is 17.5 Å². The first-order valence-electron chi connectivity index (χ1n) is 14.3. The summed E-state index contributed by atoms with van der Waals surface area (Å²) in [4.78, 5) is 16.9. The van der Waals surface area contributed by atoms with Gasteiger partial charge in [-0.05, 0) is 42.3 Å². The van der Waals surface area contributed by atoms with Crippen LogP contribution in [-0.2, 0) is 18.3 Å². The average Bonchev–Trinajstić information content (AvgIpc) is 3.62. The number of ether oxygens (including phenoxy) is 1. The molecule has 0 amide bonds. The Morgan fingerprint density at radius 3 is 2.63 bits per heavy atom. The molecule has 0 radical (unpaired) electrons. The smallest absolute Gasteiger partial charge is 0.139 e. The summed E-state index contributed by atoms with van der Waals surface area (Å²) >= 11 is 0. The Hall–Kier alpha value is -4.46. The summed E-state index contributed by atoms with van der Waals surface area (Å²) in [6, 6.07) is 14.2. The van der Waals surface area contributed by atoms with E-state index < -0.39 is 0 Å². The largest absolute Gasteiger partial charge is 0.378 e. The van der Waals surface area contributed by atoms with Crippen LogP contribution in [0.4, 0.5) is 11.5 Å². The summed E-state index contributed by atoms with van der Waals surface area (Å²) in [6.45, 7) is 5.97. The van der Waals surface area contributed by atoms with Gasteiger partial charge in [-0.2, -0.15) is 10.4 Å². The first-order chi connectivity index (χ1) is 20.1. The molecule has 2 bridgehead atoms. The molecule has 2 atom stereocenters. The molecule has 0 spiro atoms. The number of hydrogen-bond donors (Lipinski definition) is 0. The number of morpholine rings is 1. The van der Waals surface area contributed by atoms with Crippen LogP contribution < -0.4 is 9.80 Å². The molecule has 4 aliphatic heterocycles. The van der Waals surface area contributed by atoms with Gasteiger partial charge in [-0.25, -0.2) is 14.5 Å². The Bertz CT molecular complexity index is 1780. The number of fused-ring (bicyclic) bond motifs is 4. The highest BCUT2D eigenvalue weighted by Gasteiger charge is 2.44. The number of aromatic nitrogens is 5. The van der Waals surface area contributed by atoms with Crippen LogP contribution in [0.2, 0.25) is 0 Å². The zero-order chi connectivity index (χ0) is 27.5. The molecule has 10 nitrogen and oxygen atoms in total. The quantitative estimate of drug-likeness (QED) is 0.332. The van der Waals surface area contributed by atoms with Crippen LogP contribution in [0.1, 0.15) is 17.5 Å². The number of nitriles is 1. The molecular weight excluding hydrogens is 514 g/mol. The minimum Gasteiger partial charge on any atom is -0.378 e. The van der Waals surface area contributed by atoms with Crippen molar-refractivity contribution in [3.05, 3.63) is 72.4 Å². The van der Waals surface area contributed by atoms with E-state index in [1.54, 1.807) is 6.20 Å². The molecule has 2 unspecified atom stereocenters. The van der Waals surface area contributed by atoms with E-state index in [1.807, 2.05) is 30.2 Å². The Morgan fingerprint density at radius 2 is 1.85 bits per heavy atom. The summed E-state index contributed by atoms with van der Waals surface area (Å²) < 4.78 is 9.44. The first kappa shape index (κ1) is 24.3. The highest BCUT2D eigenvalue weighted by Crippen LogP contribution is 2.37. The molecule has 9 rings (SSSR count). The molecule has 4 fully saturated rings. The van der Waals surface area contributed by atoms with E-state index in [4.69, 9.17) is 9.72 Å². The van der Waals surface area contributed by atoms with E-state index in [9.17, 15) is 5.26 Å². The van der Waals surface area contributed by atoms with Gasteiger partial charge in [-0.1, -0.05) is 0 Å². The monoisotopic (exact) mass is 545 g/mol. The van der Waals surface area contributed by atoms with Crippen LogP contribution in [0.3, 0.4) is 0 Å². The Morgan fingerprint density at radius 1 is 1.00 bits per heavy atom. The van der Waals surface area contributed by atoms with Crippen LogP contribution >= 0.6 is 0 Å². The average molecular weight is 546 g/mol.